The lowest BCUT2D eigenvalue weighted by Crippen LogP contribution is -2.41. The molecular formula is C12H21NO2. The number of ketones is 1. The summed E-state index contributed by atoms with van der Waals surface area (Å²) in [6.07, 6.45) is 0. The van der Waals surface area contributed by atoms with Crippen molar-refractivity contribution < 1.29 is 9.90 Å². The maximum atomic E-state index is 11.3. The summed E-state index contributed by atoms with van der Waals surface area (Å²) in [6, 6.07) is 0. The number of carbonyl (C=O) groups excluding carboxylic acids is 1. The van der Waals surface area contributed by atoms with Gasteiger partial charge in [-0.3, -0.25) is 9.69 Å². The standard InChI is InChI=1S/C12H21NO2/c1-10(2)11(15)6-7-12(3,4)13(5)8-9-14/h10,14H,8-9H2,1-5H3. The van der Waals surface area contributed by atoms with E-state index in [4.69, 9.17) is 5.11 Å². The van der Waals surface area contributed by atoms with Crippen molar-refractivity contribution in [3.63, 3.8) is 0 Å². The summed E-state index contributed by atoms with van der Waals surface area (Å²) in [5.74, 6) is 5.50. The van der Waals surface area contributed by atoms with Crippen molar-refractivity contribution in [2.75, 3.05) is 20.2 Å². The third kappa shape index (κ3) is 4.96. The van der Waals surface area contributed by atoms with Gasteiger partial charge in [0.05, 0.1) is 12.1 Å². The molecule has 3 heteroatoms. The van der Waals surface area contributed by atoms with E-state index >= 15 is 0 Å². The molecule has 0 radical (unpaired) electrons. The Kier molecular flexibility index (Phi) is 5.56. The fourth-order valence-electron chi connectivity index (χ4n) is 0.884. The highest BCUT2D eigenvalue weighted by atomic mass is 16.3. The molecule has 0 saturated heterocycles. The monoisotopic (exact) mass is 211 g/mol. The molecule has 0 aromatic heterocycles. The molecule has 0 amide bonds. The first-order chi connectivity index (χ1) is 6.81. The van der Waals surface area contributed by atoms with Gasteiger partial charge >= 0.3 is 0 Å². The molecule has 0 aromatic rings. The molecule has 0 aliphatic rings. The second kappa shape index (κ2) is 5.89. The van der Waals surface area contributed by atoms with Gasteiger partial charge in [-0.15, -0.1) is 0 Å². The Bertz CT molecular complexity index is 271. The van der Waals surface area contributed by atoms with E-state index < -0.39 is 0 Å². The zero-order chi connectivity index (χ0) is 12.1. The second-order valence-corrected chi connectivity index (χ2v) is 4.47. The normalized spacial score (nSPS) is 11.5. The van der Waals surface area contributed by atoms with E-state index in [1.165, 1.54) is 0 Å². The van der Waals surface area contributed by atoms with Gasteiger partial charge in [0.15, 0.2) is 0 Å². The third-order valence-electron chi connectivity index (χ3n) is 2.41. The molecular weight excluding hydrogens is 190 g/mol. The van der Waals surface area contributed by atoms with E-state index in [0.29, 0.717) is 6.54 Å². The quantitative estimate of drug-likeness (QED) is 0.555. The summed E-state index contributed by atoms with van der Waals surface area (Å²) in [4.78, 5) is 13.3. The van der Waals surface area contributed by atoms with Crippen molar-refractivity contribution in [1.29, 1.82) is 0 Å². The average Bonchev–Trinajstić information content (AvgIpc) is 2.14. The maximum absolute atomic E-state index is 11.3. The SMILES string of the molecule is CC(C)C(=O)C#CC(C)(C)N(C)CCO. The molecule has 0 rings (SSSR count). The molecule has 86 valence electrons. The number of nitrogens with zero attached hydrogens (tertiary/aromatic N) is 1. The predicted octanol–water partition coefficient (Wildman–Crippen LogP) is 0.918. The number of likely N-dealkylation sites (N-methyl/N-ethyl adjacent to an activating group) is 1. The molecule has 0 aliphatic carbocycles. The summed E-state index contributed by atoms with van der Waals surface area (Å²) in [5, 5.41) is 8.81. The van der Waals surface area contributed by atoms with Crippen LogP contribution in [0.5, 0.6) is 0 Å². The number of aliphatic hydroxyl groups excluding tert-OH is 1. The van der Waals surface area contributed by atoms with Crippen molar-refractivity contribution in [2.45, 2.75) is 33.2 Å². The van der Waals surface area contributed by atoms with Crippen LogP contribution in [0, 0.1) is 17.8 Å². The number of rotatable bonds is 4. The van der Waals surface area contributed by atoms with E-state index in [-0.39, 0.29) is 23.8 Å². The molecule has 0 atom stereocenters. The highest BCUT2D eigenvalue weighted by Gasteiger charge is 2.20. The molecule has 15 heavy (non-hydrogen) atoms. The Hall–Kier alpha value is -0.850. The highest BCUT2D eigenvalue weighted by molar-refractivity contribution is 5.97. The van der Waals surface area contributed by atoms with Crippen LogP contribution in [0.4, 0.5) is 0 Å². The van der Waals surface area contributed by atoms with Gasteiger partial charge in [0.2, 0.25) is 5.78 Å². The fourth-order valence-corrected chi connectivity index (χ4v) is 0.884. The van der Waals surface area contributed by atoms with Crippen LogP contribution in [-0.2, 0) is 4.79 Å². The lowest BCUT2D eigenvalue weighted by molar-refractivity contribution is -0.116. The van der Waals surface area contributed by atoms with Gasteiger partial charge in [-0.2, -0.15) is 0 Å². The number of Topliss-reactive ketones (excluding diaryl/α,β-unsaturated/α-hetero) is 1. The van der Waals surface area contributed by atoms with Crippen LogP contribution in [0.2, 0.25) is 0 Å². The summed E-state index contributed by atoms with van der Waals surface area (Å²) < 4.78 is 0. The Morgan fingerprint density at radius 2 is 2.00 bits per heavy atom. The second-order valence-electron chi connectivity index (χ2n) is 4.47. The van der Waals surface area contributed by atoms with Crippen LogP contribution in [0.15, 0.2) is 0 Å². The fraction of sp³-hybridized carbons (Fsp3) is 0.750. The molecule has 1 N–H and O–H groups in total. The van der Waals surface area contributed by atoms with E-state index in [9.17, 15) is 4.79 Å². The van der Waals surface area contributed by atoms with Crippen LogP contribution in [0.25, 0.3) is 0 Å². The van der Waals surface area contributed by atoms with E-state index in [1.54, 1.807) is 0 Å². The van der Waals surface area contributed by atoms with Crippen molar-refractivity contribution in [3.8, 4) is 11.8 Å². The lowest BCUT2D eigenvalue weighted by Gasteiger charge is -2.30. The molecule has 0 bridgehead atoms. The molecule has 3 nitrogen and oxygen atoms in total. The Morgan fingerprint density at radius 3 is 2.40 bits per heavy atom. The Morgan fingerprint density at radius 1 is 1.47 bits per heavy atom. The van der Waals surface area contributed by atoms with Crippen molar-refractivity contribution in [3.05, 3.63) is 0 Å². The summed E-state index contributed by atoms with van der Waals surface area (Å²) in [7, 11) is 1.88. The third-order valence-corrected chi connectivity index (χ3v) is 2.41. The first kappa shape index (κ1) is 14.2. The lowest BCUT2D eigenvalue weighted by atomic mass is 10.0. The molecule has 0 spiro atoms. The van der Waals surface area contributed by atoms with Gasteiger partial charge in [0.25, 0.3) is 0 Å². The summed E-state index contributed by atoms with van der Waals surface area (Å²) in [5.41, 5.74) is -0.382. The average molecular weight is 211 g/mol. The van der Waals surface area contributed by atoms with Gasteiger partial charge in [-0.25, -0.2) is 0 Å². The molecule has 0 aromatic carbocycles. The number of hydrogen-bond donors (Lipinski definition) is 1. The van der Waals surface area contributed by atoms with Crippen LogP contribution in [0.3, 0.4) is 0 Å². The van der Waals surface area contributed by atoms with Gasteiger partial charge in [-0.05, 0) is 26.8 Å². The van der Waals surface area contributed by atoms with Gasteiger partial charge < -0.3 is 5.11 Å². The van der Waals surface area contributed by atoms with Crippen LogP contribution < -0.4 is 0 Å². The van der Waals surface area contributed by atoms with Crippen LogP contribution >= 0.6 is 0 Å². The minimum Gasteiger partial charge on any atom is -0.395 e. The number of aliphatic hydroxyl groups is 1. The molecule has 0 saturated carbocycles. The number of hydrogen-bond acceptors (Lipinski definition) is 3. The smallest absolute Gasteiger partial charge is 0.208 e. The zero-order valence-corrected chi connectivity index (χ0v) is 10.3. The van der Waals surface area contributed by atoms with E-state index in [0.717, 1.165) is 0 Å². The largest absolute Gasteiger partial charge is 0.395 e. The Balaban J connectivity index is 4.54. The number of β-amino-alcohol motifs (C(OH)–C–C–N with tert-alkyl or cyclic N) is 1. The predicted molar refractivity (Wildman–Crippen MR) is 61.4 cm³/mol. The van der Waals surface area contributed by atoms with Gasteiger partial charge in [-0.1, -0.05) is 19.8 Å². The molecule has 0 unspecified atom stereocenters. The van der Waals surface area contributed by atoms with Crippen LogP contribution in [-0.4, -0.2) is 41.5 Å². The topological polar surface area (TPSA) is 40.5 Å². The summed E-state index contributed by atoms with van der Waals surface area (Å²) in [6.45, 7) is 8.19. The van der Waals surface area contributed by atoms with Gasteiger partial charge in [0.1, 0.15) is 0 Å². The Labute approximate surface area is 92.5 Å². The van der Waals surface area contributed by atoms with E-state index in [2.05, 4.69) is 11.8 Å². The minimum atomic E-state index is -0.382. The van der Waals surface area contributed by atoms with E-state index in [1.807, 2.05) is 39.6 Å². The first-order valence-corrected chi connectivity index (χ1v) is 5.20. The minimum absolute atomic E-state index is 0.0412. The maximum Gasteiger partial charge on any atom is 0.208 e. The molecule has 0 aliphatic heterocycles. The first-order valence-electron chi connectivity index (χ1n) is 5.20. The molecule has 0 heterocycles. The zero-order valence-electron chi connectivity index (χ0n) is 10.3. The number of carbonyl (C=O) groups is 1. The van der Waals surface area contributed by atoms with Gasteiger partial charge in [0, 0.05) is 12.5 Å². The van der Waals surface area contributed by atoms with Crippen molar-refractivity contribution in [1.82, 2.24) is 4.90 Å². The van der Waals surface area contributed by atoms with Crippen molar-refractivity contribution in [2.24, 2.45) is 5.92 Å². The van der Waals surface area contributed by atoms with Crippen molar-refractivity contribution >= 4 is 5.78 Å². The summed E-state index contributed by atoms with van der Waals surface area (Å²) >= 11 is 0. The van der Waals surface area contributed by atoms with Crippen LogP contribution in [0.1, 0.15) is 27.7 Å². The highest BCUT2D eigenvalue weighted by Crippen LogP contribution is 2.09. The molecule has 0 fully saturated rings.